The molecule has 4 heteroatoms. The second-order valence-electron chi connectivity index (χ2n) is 15.0. The minimum absolute atomic E-state index is 0.525. The molecule has 0 nitrogen and oxygen atoms in total. The average molecular weight is 795 g/mol. The van der Waals surface area contributed by atoms with E-state index in [1.807, 2.05) is 0 Å². The summed E-state index contributed by atoms with van der Waals surface area (Å²) in [6, 6.07) is 44.5. The number of benzene rings is 4. The first-order valence-electron chi connectivity index (χ1n) is 18.3. The maximum absolute atomic E-state index is 4.93. The van der Waals surface area contributed by atoms with E-state index in [1.54, 1.807) is 0 Å². The molecule has 0 bridgehead atoms. The van der Waals surface area contributed by atoms with Crippen molar-refractivity contribution in [3.63, 3.8) is 0 Å². The Morgan fingerprint density at radius 2 is 0.900 bits per heavy atom. The van der Waals surface area contributed by atoms with Crippen LogP contribution in [0.25, 0.3) is 43.8 Å². The van der Waals surface area contributed by atoms with Crippen LogP contribution in [0.4, 0.5) is 0 Å². The third-order valence-electron chi connectivity index (χ3n) is 10.7. The van der Waals surface area contributed by atoms with E-state index in [1.165, 1.54) is 119 Å². The quantitative estimate of drug-likeness (QED) is 0.116. The average Bonchev–Trinajstić information content (AvgIpc) is 3.93. The summed E-state index contributed by atoms with van der Waals surface area (Å²) in [5.41, 5.74) is 9.44. The Balaban J connectivity index is 0.000000168. The van der Waals surface area contributed by atoms with Gasteiger partial charge in [-0.1, -0.05) is 137 Å². The van der Waals surface area contributed by atoms with Crippen LogP contribution in [0.5, 0.6) is 0 Å². The predicted octanol–water partition coefficient (Wildman–Crippen LogP) is 14.9. The van der Waals surface area contributed by atoms with Crippen LogP contribution < -0.4 is 0 Å². The fourth-order valence-electron chi connectivity index (χ4n) is 8.33. The molecule has 6 aromatic rings. The molecule has 0 aromatic heterocycles. The van der Waals surface area contributed by atoms with Gasteiger partial charge in [0.2, 0.25) is 0 Å². The second kappa shape index (κ2) is 19.0. The topological polar surface area (TPSA) is 0 Å². The van der Waals surface area contributed by atoms with Crippen LogP contribution in [-0.2, 0) is 33.7 Å². The van der Waals surface area contributed by atoms with Crippen molar-refractivity contribution >= 4 is 48.1 Å². The molecular weight excluding hydrogens is 743 g/mol. The maximum atomic E-state index is 4.93. The first-order chi connectivity index (χ1) is 24.3. The molecule has 0 aliphatic heterocycles. The molecule has 2 saturated carbocycles. The van der Waals surface area contributed by atoms with Gasteiger partial charge in [0, 0.05) is 9.52 Å². The standard InChI is InChI=1S/2C22H23.C2H6Si.2ClH.Zr/c2*1-22(12-5-6-13-22)16-17-14-19-10-7-11-20(21(19)15-17)18-8-3-2-4-9-18;1-3-2;;;/h2*2-4,7-11,14-15H,5-6,12-13,16H2,1H3;1-2H3;2*1H;/q2*-1;;;;+4/p-2. The van der Waals surface area contributed by atoms with Crippen molar-refractivity contribution in [2.24, 2.45) is 10.8 Å². The van der Waals surface area contributed by atoms with E-state index in [2.05, 4.69) is 148 Å². The summed E-state index contributed by atoms with van der Waals surface area (Å²) in [6.45, 7) is 9.24. The molecular formula is C46H52Cl2SiZr. The van der Waals surface area contributed by atoms with Crippen molar-refractivity contribution in [1.82, 2.24) is 0 Å². The van der Waals surface area contributed by atoms with E-state index in [9.17, 15) is 0 Å². The Kier molecular flexibility index (Phi) is 14.8. The zero-order chi connectivity index (χ0) is 35.4. The van der Waals surface area contributed by atoms with Crippen LogP contribution in [0.15, 0.2) is 121 Å². The Hall–Kier alpha value is -2.22. The summed E-state index contributed by atoms with van der Waals surface area (Å²) in [6.07, 6.45) is 13.7. The SMILES string of the molecule is CC1(Cc2cc3c(-c4ccccc4)cccc3[cH-]2)CCCC1.CC1(Cc2cc3c(-c4ccccc4)cccc3[cH-]2)CCCC1.C[Si]C.[Cl][Zr+2][Cl]. The minimum atomic E-state index is -0.826. The first kappa shape index (κ1) is 39.0. The number of halogens is 2. The van der Waals surface area contributed by atoms with Crippen LogP contribution >= 0.6 is 17.0 Å². The first-order valence-corrected chi connectivity index (χ1v) is 26.7. The van der Waals surface area contributed by atoms with Crippen molar-refractivity contribution in [1.29, 1.82) is 0 Å². The zero-order valence-corrected chi connectivity index (χ0v) is 35.3. The Morgan fingerprint density at radius 1 is 0.560 bits per heavy atom. The fourth-order valence-corrected chi connectivity index (χ4v) is 8.33. The van der Waals surface area contributed by atoms with E-state index in [0.717, 1.165) is 9.52 Å². The van der Waals surface area contributed by atoms with Crippen LogP contribution in [0.1, 0.15) is 76.3 Å². The van der Waals surface area contributed by atoms with E-state index < -0.39 is 20.8 Å². The van der Waals surface area contributed by atoms with Crippen molar-refractivity contribution in [2.45, 2.75) is 91.1 Å². The summed E-state index contributed by atoms with van der Waals surface area (Å²) in [7, 11) is 11.0. The molecule has 0 amide bonds. The van der Waals surface area contributed by atoms with Crippen LogP contribution in [0.3, 0.4) is 0 Å². The van der Waals surface area contributed by atoms with Gasteiger partial charge in [0.1, 0.15) is 0 Å². The number of fused-ring (bicyclic) bond motifs is 2. The third-order valence-corrected chi connectivity index (χ3v) is 10.7. The Labute approximate surface area is 323 Å². The molecule has 2 aliphatic carbocycles. The predicted molar refractivity (Wildman–Crippen MR) is 220 cm³/mol. The van der Waals surface area contributed by atoms with Gasteiger partial charge in [-0.05, 0) is 60.5 Å². The van der Waals surface area contributed by atoms with Gasteiger partial charge in [-0.25, -0.2) is 0 Å². The van der Waals surface area contributed by atoms with Crippen molar-refractivity contribution < 1.29 is 20.8 Å². The number of hydrogen-bond donors (Lipinski definition) is 0. The monoisotopic (exact) mass is 792 g/mol. The van der Waals surface area contributed by atoms with E-state index >= 15 is 0 Å². The van der Waals surface area contributed by atoms with Gasteiger partial charge >= 0.3 is 37.9 Å². The molecule has 50 heavy (non-hydrogen) atoms. The normalized spacial score (nSPS) is 15.6. The molecule has 2 fully saturated rings. The van der Waals surface area contributed by atoms with Crippen molar-refractivity contribution in [3.8, 4) is 22.3 Å². The molecule has 0 unspecified atom stereocenters. The summed E-state index contributed by atoms with van der Waals surface area (Å²) >= 11 is -0.826. The van der Waals surface area contributed by atoms with Crippen LogP contribution in [0, 0.1) is 10.8 Å². The molecule has 2 aliphatic rings. The van der Waals surface area contributed by atoms with Crippen LogP contribution in [0.2, 0.25) is 13.1 Å². The van der Waals surface area contributed by atoms with Crippen molar-refractivity contribution in [3.05, 3.63) is 132 Å². The summed E-state index contributed by atoms with van der Waals surface area (Å²) in [5, 5.41) is 5.59. The molecule has 258 valence electrons. The van der Waals surface area contributed by atoms with E-state index in [0.29, 0.717) is 10.8 Å². The molecule has 8 rings (SSSR count). The number of rotatable bonds is 6. The molecule has 0 heterocycles. The van der Waals surface area contributed by atoms with Gasteiger partial charge < -0.3 is 0 Å². The van der Waals surface area contributed by atoms with Crippen molar-refractivity contribution in [2.75, 3.05) is 0 Å². The summed E-state index contributed by atoms with van der Waals surface area (Å²) in [5.74, 6) is 0. The molecule has 0 N–H and O–H groups in total. The summed E-state index contributed by atoms with van der Waals surface area (Å²) < 4.78 is 0. The van der Waals surface area contributed by atoms with Gasteiger partial charge in [0.15, 0.2) is 0 Å². The molecule has 2 radical (unpaired) electrons. The third kappa shape index (κ3) is 10.4. The molecule has 0 saturated heterocycles. The van der Waals surface area contributed by atoms with Gasteiger partial charge in [-0.15, -0.1) is 69.1 Å². The molecule has 6 aromatic carbocycles. The van der Waals surface area contributed by atoms with E-state index in [-0.39, 0.29) is 0 Å². The molecule has 0 spiro atoms. The van der Waals surface area contributed by atoms with Gasteiger partial charge in [-0.3, -0.25) is 0 Å². The second-order valence-corrected chi connectivity index (χ2v) is 19.8. The van der Waals surface area contributed by atoms with Gasteiger partial charge in [0.05, 0.1) is 0 Å². The Morgan fingerprint density at radius 3 is 1.24 bits per heavy atom. The summed E-state index contributed by atoms with van der Waals surface area (Å²) in [4.78, 5) is 0. The van der Waals surface area contributed by atoms with Gasteiger partial charge in [-0.2, -0.15) is 12.1 Å². The van der Waals surface area contributed by atoms with E-state index in [4.69, 9.17) is 17.0 Å². The zero-order valence-electron chi connectivity index (χ0n) is 30.4. The Bertz CT molecular complexity index is 1740. The molecule has 0 atom stereocenters. The van der Waals surface area contributed by atoms with Crippen LogP contribution in [-0.4, -0.2) is 9.52 Å². The number of hydrogen-bond acceptors (Lipinski definition) is 0. The fraction of sp³-hybridized carbons (Fsp3) is 0.348. The van der Waals surface area contributed by atoms with Gasteiger partial charge in [0.25, 0.3) is 0 Å².